The van der Waals surface area contributed by atoms with E-state index in [0.717, 1.165) is 0 Å². The molecule has 3 heterocycles. The van der Waals surface area contributed by atoms with Gasteiger partial charge in [0.1, 0.15) is 23.9 Å². The number of esters is 4. The molecule has 2 bridgehead atoms. The third-order valence-corrected chi connectivity index (χ3v) is 9.83. The van der Waals surface area contributed by atoms with Crippen LogP contribution < -0.4 is 0 Å². The van der Waals surface area contributed by atoms with Gasteiger partial charge in [0.25, 0.3) is 0 Å². The van der Waals surface area contributed by atoms with Crippen LogP contribution >= 0.6 is 0 Å². The van der Waals surface area contributed by atoms with Crippen LogP contribution in [0.1, 0.15) is 78.9 Å². The van der Waals surface area contributed by atoms with Gasteiger partial charge >= 0.3 is 23.9 Å². The number of hydrogen-bond donors (Lipinski definition) is 0. The Morgan fingerprint density at radius 2 is 1.36 bits per heavy atom. The van der Waals surface area contributed by atoms with Gasteiger partial charge in [0.15, 0.2) is 6.10 Å². The average Bonchev–Trinajstić information content (AvgIpc) is 3.76. The van der Waals surface area contributed by atoms with Crippen molar-refractivity contribution in [3.05, 3.63) is 84.2 Å². The first kappa shape index (κ1) is 30.6. The molecule has 8 atom stereocenters. The molecule has 1 saturated heterocycles. The van der Waals surface area contributed by atoms with Crippen LogP contribution in [0.25, 0.3) is 0 Å². The minimum Gasteiger partial charge on any atom is -0.458 e. The van der Waals surface area contributed by atoms with Crippen molar-refractivity contribution >= 4 is 23.9 Å². The highest BCUT2D eigenvalue weighted by Gasteiger charge is 2.80. The summed E-state index contributed by atoms with van der Waals surface area (Å²) in [7, 11) is 0. The lowest BCUT2D eigenvalue weighted by Crippen LogP contribution is -2.76. The SMILES string of the molecule is CC(=O)O[C@H]1[C@H](OC(=O)c2ccco2)C[C@@H](C)[C@]23OC(C)(C)[C@H](C[C@H](OC(=O)c4ccccc4)[C@]12C)[C@H]3OC(=O)c1ccco1. The number of benzene rings is 1. The van der Waals surface area contributed by atoms with Crippen LogP contribution in [0.4, 0.5) is 0 Å². The van der Waals surface area contributed by atoms with Gasteiger partial charge in [-0.15, -0.1) is 0 Å². The second-order valence-corrected chi connectivity index (χ2v) is 12.8. The Morgan fingerprint density at radius 3 is 1.93 bits per heavy atom. The van der Waals surface area contributed by atoms with Gasteiger partial charge in [-0.1, -0.05) is 25.1 Å². The van der Waals surface area contributed by atoms with Crippen molar-refractivity contribution in [1.29, 1.82) is 0 Å². The lowest BCUT2D eigenvalue weighted by atomic mass is 9.48. The zero-order chi connectivity index (χ0) is 32.1. The number of carbonyl (C=O) groups is 4. The summed E-state index contributed by atoms with van der Waals surface area (Å²) in [5.74, 6) is -3.52. The molecule has 11 nitrogen and oxygen atoms in total. The molecule has 45 heavy (non-hydrogen) atoms. The summed E-state index contributed by atoms with van der Waals surface area (Å²) in [5.41, 5.74) is -3.26. The van der Waals surface area contributed by atoms with Crippen molar-refractivity contribution in [2.24, 2.45) is 17.3 Å². The van der Waals surface area contributed by atoms with Crippen molar-refractivity contribution in [3.63, 3.8) is 0 Å². The summed E-state index contributed by atoms with van der Waals surface area (Å²) in [6.07, 6.45) is -0.818. The van der Waals surface area contributed by atoms with Gasteiger partial charge in [0, 0.05) is 12.8 Å². The van der Waals surface area contributed by atoms with Crippen molar-refractivity contribution < 1.29 is 51.7 Å². The van der Waals surface area contributed by atoms with E-state index < -0.39 is 76.7 Å². The van der Waals surface area contributed by atoms with E-state index >= 15 is 0 Å². The van der Waals surface area contributed by atoms with Gasteiger partial charge in [-0.3, -0.25) is 4.79 Å². The zero-order valence-corrected chi connectivity index (χ0v) is 25.7. The van der Waals surface area contributed by atoms with E-state index in [1.54, 1.807) is 49.4 Å². The number of hydrogen-bond acceptors (Lipinski definition) is 11. The van der Waals surface area contributed by atoms with Gasteiger partial charge in [-0.2, -0.15) is 0 Å². The maximum absolute atomic E-state index is 13.6. The Balaban J connectivity index is 1.48. The zero-order valence-electron chi connectivity index (χ0n) is 25.7. The molecule has 0 N–H and O–H groups in total. The first-order valence-corrected chi connectivity index (χ1v) is 15.0. The molecule has 3 fully saturated rings. The molecule has 0 radical (unpaired) electrons. The van der Waals surface area contributed by atoms with Crippen LogP contribution in [-0.4, -0.2) is 59.5 Å². The topological polar surface area (TPSA) is 141 Å². The summed E-state index contributed by atoms with van der Waals surface area (Å²) < 4.78 is 42.2. The average molecular weight is 621 g/mol. The minimum atomic E-state index is -1.38. The Bertz CT molecular complexity index is 1560. The van der Waals surface area contributed by atoms with Crippen molar-refractivity contribution in [2.45, 2.75) is 83.1 Å². The first-order valence-electron chi connectivity index (χ1n) is 15.0. The van der Waals surface area contributed by atoms with E-state index in [2.05, 4.69) is 0 Å². The summed E-state index contributed by atoms with van der Waals surface area (Å²) in [5, 5.41) is 0. The normalized spacial score (nSPS) is 33.0. The van der Waals surface area contributed by atoms with Crippen molar-refractivity contribution in [2.75, 3.05) is 0 Å². The number of ether oxygens (including phenoxy) is 5. The lowest BCUT2D eigenvalue weighted by molar-refractivity contribution is -0.300. The minimum absolute atomic E-state index is 0.0195. The number of carbonyl (C=O) groups excluding carboxylic acids is 4. The molecule has 0 unspecified atom stereocenters. The van der Waals surface area contributed by atoms with Gasteiger partial charge in [-0.05, 0) is 75.9 Å². The molecule has 6 rings (SSSR count). The highest BCUT2D eigenvalue weighted by atomic mass is 16.6. The van der Waals surface area contributed by atoms with Crippen molar-refractivity contribution in [3.8, 4) is 0 Å². The van der Waals surface area contributed by atoms with Gasteiger partial charge in [0.2, 0.25) is 11.5 Å². The Hall–Kier alpha value is -4.38. The molecule has 2 aromatic heterocycles. The van der Waals surface area contributed by atoms with E-state index in [0.29, 0.717) is 5.56 Å². The van der Waals surface area contributed by atoms with Crippen LogP contribution in [0, 0.1) is 17.3 Å². The molecule has 1 aromatic carbocycles. The predicted octanol–water partition coefficient (Wildman–Crippen LogP) is 5.39. The first-order chi connectivity index (χ1) is 21.4. The number of rotatable bonds is 7. The molecule has 2 saturated carbocycles. The fourth-order valence-electron chi connectivity index (χ4n) is 7.89. The maximum atomic E-state index is 13.6. The Morgan fingerprint density at radius 1 is 0.733 bits per heavy atom. The quantitative estimate of drug-likeness (QED) is 0.248. The molecule has 2 aliphatic carbocycles. The third-order valence-electron chi connectivity index (χ3n) is 9.83. The van der Waals surface area contributed by atoms with Crippen LogP contribution in [0.15, 0.2) is 76.0 Å². The summed E-state index contributed by atoms with van der Waals surface area (Å²) in [6.45, 7) is 8.75. The standard InChI is InChI=1S/C34H36O11/c1-19-17-25(42-30(37)23-13-9-15-39-23)28(41-20(2)35)33(5)26(43-29(36)21-11-7-6-8-12-21)18-22-27(34(19,33)45-32(22,3)4)44-31(38)24-14-10-16-40-24/h6-16,19,22,25-28H,17-18H2,1-5H3/t19-,22-,25-,26+,27-,28+,33-,34-/m1/s1. The smallest absolute Gasteiger partial charge is 0.374 e. The van der Waals surface area contributed by atoms with Gasteiger partial charge < -0.3 is 32.5 Å². The maximum Gasteiger partial charge on any atom is 0.374 e. The third kappa shape index (κ3) is 4.93. The van der Waals surface area contributed by atoms with Crippen LogP contribution in [0.2, 0.25) is 0 Å². The largest absolute Gasteiger partial charge is 0.458 e. The van der Waals surface area contributed by atoms with E-state index in [1.807, 2.05) is 20.8 Å². The van der Waals surface area contributed by atoms with E-state index in [4.69, 9.17) is 32.5 Å². The Labute approximate surface area is 260 Å². The second kappa shape index (κ2) is 11.2. The number of furan rings is 2. The van der Waals surface area contributed by atoms with E-state index in [9.17, 15) is 19.2 Å². The van der Waals surface area contributed by atoms with Crippen LogP contribution in [0.3, 0.4) is 0 Å². The monoisotopic (exact) mass is 620 g/mol. The van der Waals surface area contributed by atoms with E-state index in [1.165, 1.54) is 31.6 Å². The van der Waals surface area contributed by atoms with Crippen LogP contribution in [0.5, 0.6) is 0 Å². The molecular weight excluding hydrogens is 584 g/mol. The molecule has 238 valence electrons. The molecule has 3 aromatic rings. The number of fused-ring (bicyclic) bond motifs is 1. The molecule has 1 spiro atoms. The predicted molar refractivity (Wildman–Crippen MR) is 155 cm³/mol. The molecule has 0 amide bonds. The highest BCUT2D eigenvalue weighted by Crippen LogP contribution is 2.68. The summed E-state index contributed by atoms with van der Waals surface area (Å²) >= 11 is 0. The summed E-state index contributed by atoms with van der Waals surface area (Å²) in [4.78, 5) is 52.9. The van der Waals surface area contributed by atoms with Gasteiger partial charge in [0.05, 0.1) is 29.1 Å². The molecule has 11 heteroatoms. The molecule has 3 aliphatic rings. The fraction of sp³-hybridized carbons (Fsp3) is 0.471. The van der Waals surface area contributed by atoms with E-state index in [-0.39, 0.29) is 24.4 Å². The molecule has 1 aliphatic heterocycles. The Kier molecular flexibility index (Phi) is 7.63. The van der Waals surface area contributed by atoms with Crippen molar-refractivity contribution in [1.82, 2.24) is 0 Å². The molecular formula is C34H36O11. The summed E-state index contributed by atoms with van der Waals surface area (Å²) in [6, 6.07) is 14.7. The van der Waals surface area contributed by atoms with Crippen LogP contribution in [-0.2, 0) is 28.5 Å². The second-order valence-electron chi connectivity index (χ2n) is 12.8. The fourth-order valence-corrected chi connectivity index (χ4v) is 7.89. The highest BCUT2D eigenvalue weighted by molar-refractivity contribution is 5.89. The van der Waals surface area contributed by atoms with Gasteiger partial charge in [-0.25, -0.2) is 14.4 Å². The lowest BCUT2D eigenvalue weighted by Gasteiger charge is -2.62.